The Bertz CT molecular complexity index is 1420. The number of aromatic nitrogens is 1. The van der Waals surface area contributed by atoms with E-state index >= 15 is 0 Å². The molecule has 1 amide bonds. The van der Waals surface area contributed by atoms with E-state index in [1.807, 2.05) is 13.0 Å². The number of rotatable bonds is 13. The monoisotopic (exact) mass is 602 g/mol. The molecule has 12 heteroatoms. The molecule has 3 aromatic rings. The summed E-state index contributed by atoms with van der Waals surface area (Å²) < 4.78 is 59.0. The number of alkyl halides is 2. The lowest BCUT2D eigenvalue weighted by Crippen LogP contribution is -2.34. The van der Waals surface area contributed by atoms with Crippen LogP contribution in [0.15, 0.2) is 46.9 Å². The smallest absolute Gasteiger partial charge is 0.408 e. The number of alkyl carbamates (subject to hydrolysis) is 1. The standard InChI is InChI=1S/C31H36F2N2O8/c1-6-38-22-10-8-7-9-21(22)17-40-28(36)25-26(18(2)34-30(37)43-31(3,4)5)42-27(35-25)20-13-14-23(41-29(32)33)24(15-20)39-16-19-11-12-19/h7-10,13-15,18-19,29H,6,11-12,16-17H2,1-5H3,(H,34,37). The summed E-state index contributed by atoms with van der Waals surface area (Å²) in [5.74, 6) is 0.0533. The zero-order valence-corrected chi connectivity index (χ0v) is 24.8. The maximum absolute atomic E-state index is 13.3. The minimum absolute atomic E-state index is 0.0114. The van der Waals surface area contributed by atoms with Gasteiger partial charge < -0.3 is 33.4 Å². The maximum Gasteiger partial charge on any atom is 0.408 e. The molecule has 1 atom stereocenters. The van der Waals surface area contributed by atoms with E-state index in [9.17, 15) is 18.4 Å². The Morgan fingerprint density at radius 2 is 1.81 bits per heavy atom. The Kier molecular flexibility index (Phi) is 10.1. The number of hydrogen-bond donors (Lipinski definition) is 1. The first-order chi connectivity index (χ1) is 20.4. The lowest BCUT2D eigenvalue weighted by atomic mass is 10.2. The molecule has 2 aromatic carbocycles. The van der Waals surface area contributed by atoms with Gasteiger partial charge in [0.05, 0.1) is 19.3 Å². The van der Waals surface area contributed by atoms with Crippen molar-refractivity contribution in [1.82, 2.24) is 10.3 Å². The van der Waals surface area contributed by atoms with Crippen LogP contribution in [0.5, 0.6) is 17.2 Å². The third kappa shape index (κ3) is 9.07. The zero-order valence-electron chi connectivity index (χ0n) is 24.8. The lowest BCUT2D eigenvalue weighted by Gasteiger charge is -2.21. The summed E-state index contributed by atoms with van der Waals surface area (Å²) in [5.41, 5.74) is 0.0417. The number of oxazole rings is 1. The Morgan fingerprint density at radius 1 is 1.07 bits per heavy atom. The summed E-state index contributed by atoms with van der Waals surface area (Å²) in [4.78, 5) is 30.2. The second-order valence-corrected chi connectivity index (χ2v) is 11.0. The van der Waals surface area contributed by atoms with E-state index < -0.39 is 30.3 Å². The minimum atomic E-state index is -3.04. The molecule has 1 heterocycles. The minimum Gasteiger partial charge on any atom is -0.493 e. The first-order valence-corrected chi connectivity index (χ1v) is 14.0. The number of amides is 1. The molecule has 0 spiro atoms. The van der Waals surface area contributed by atoms with Gasteiger partial charge in [0.2, 0.25) is 5.89 Å². The number of halogens is 2. The van der Waals surface area contributed by atoms with Gasteiger partial charge in [-0.25, -0.2) is 14.6 Å². The number of benzene rings is 2. The second kappa shape index (κ2) is 13.7. The van der Waals surface area contributed by atoms with E-state index in [1.165, 1.54) is 18.2 Å². The third-order valence-electron chi connectivity index (χ3n) is 6.18. The Balaban J connectivity index is 1.64. The van der Waals surface area contributed by atoms with Crippen LogP contribution in [0.3, 0.4) is 0 Å². The van der Waals surface area contributed by atoms with Crippen molar-refractivity contribution in [2.45, 2.75) is 72.3 Å². The van der Waals surface area contributed by atoms with Crippen molar-refractivity contribution in [2.75, 3.05) is 13.2 Å². The quantitative estimate of drug-likeness (QED) is 0.205. The van der Waals surface area contributed by atoms with E-state index in [1.54, 1.807) is 45.9 Å². The molecule has 1 aliphatic carbocycles. The summed E-state index contributed by atoms with van der Waals surface area (Å²) in [6.07, 6.45) is 1.26. The molecule has 1 N–H and O–H groups in total. The molecule has 0 radical (unpaired) electrons. The molecular formula is C31H36F2N2O8. The summed E-state index contributed by atoms with van der Waals surface area (Å²) in [6, 6.07) is 10.5. The second-order valence-electron chi connectivity index (χ2n) is 11.0. The summed E-state index contributed by atoms with van der Waals surface area (Å²) in [6.45, 7) is 6.23. The highest BCUT2D eigenvalue weighted by molar-refractivity contribution is 5.89. The van der Waals surface area contributed by atoms with Crippen LogP contribution in [-0.2, 0) is 16.1 Å². The van der Waals surface area contributed by atoms with Crippen LogP contribution in [0.4, 0.5) is 13.6 Å². The van der Waals surface area contributed by atoms with Crippen molar-refractivity contribution in [3.8, 4) is 28.7 Å². The van der Waals surface area contributed by atoms with Crippen LogP contribution < -0.4 is 19.5 Å². The van der Waals surface area contributed by atoms with Crippen LogP contribution >= 0.6 is 0 Å². The molecule has 0 aliphatic heterocycles. The Morgan fingerprint density at radius 3 is 2.49 bits per heavy atom. The molecule has 232 valence electrons. The molecule has 1 fully saturated rings. The Labute approximate surface area is 248 Å². The number of nitrogens with one attached hydrogen (secondary N) is 1. The van der Waals surface area contributed by atoms with Crippen molar-refractivity contribution in [3.63, 3.8) is 0 Å². The highest BCUT2D eigenvalue weighted by Crippen LogP contribution is 2.37. The van der Waals surface area contributed by atoms with Crippen molar-refractivity contribution in [2.24, 2.45) is 5.92 Å². The van der Waals surface area contributed by atoms with Gasteiger partial charge in [0.1, 0.15) is 18.0 Å². The molecular weight excluding hydrogens is 566 g/mol. The predicted octanol–water partition coefficient (Wildman–Crippen LogP) is 7.07. The fraction of sp³-hybridized carbons (Fsp3) is 0.452. The summed E-state index contributed by atoms with van der Waals surface area (Å²) in [7, 11) is 0. The van der Waals surface area contributed by atoms with Gasteiger partial charge in [-0.3, -0.25) is 0 Å². The fourth-order valence-corrected chi connectivity index (χ4v) is 4.02. The number of ether oxygens (including phenoxy) is 5. The molecule has 0 bridgehead atoms. The van der Waals surface area contributed by atoms with Gasteiger partial charge in [0.25, 0.3) is 0 Å². The van der Waals surface area contributed by atoms with Gasteiger partial charge in [-0.2, -0.15) is 8.78 Å². The molecule has 1 unspecified atom stereocenters. The molecule has 0 saturated heterocycles. The van der Waals surface area contributed by atoms with Gasteiger partial charge in [0.15, 0.2) is 23.0 Å². The highest BCUT2D eigenvalue weighted by atomic mass is 19.3. The third-order valence-corrected chi connectivity index (χ3v) is 6.18. The van der Waals surface area contributed by atoms with E-state index in [0.717, 1.165) is 12.8 Å². The number of para-hydroxylation sites is 1. The first kappa shape index (κ1) is 31.6. The molecule has 1 aliphatic rings. The first-order valence-electron chi connectivity index (χ1n) is 14.0. The summed E-state index contributed by atoms with van der Waals surface area (Å²) in [5, 5.41) is 2.64. The van der Waals surface area contributed by atoms with Crippen molar-refractivity contribution < 1.29 is 46.5 Å². The molecule has 4 rings (SSSR count). The van der Waals surface area contributed by atoms with Gasteiger partial charge in [-0.1, -0.05) is 18.2 Å². The van der Waals surface area contributed by atoms with Crippen molar-refractivity contribution >= 4 is 12.1 Å². The van der Waals surface area contributed by atoms with Crippen molar-refractivity contribution in [1.29, 1.82) is 0 Å². The largest absolute Gasteiger partial charge is 0.493 e. The van der Waals surface area contributed by atoms with Crippen molar-refractivity contribution in [3.05, 3.63) is 59.5 Å². The SMILES string of the molecule is CCOc1ccccc1COC(=O)c1nc(-c2ccc(OC(F)F)c(OCC3CC3)c2)oc1C(C)NC(=O)OC(C)(C)C. The Hall–Kier alpha value is -4.35. The number of esters is 1. The average Bonchev–Trinajstić information content (AvgIpc) is 3.65. The van der Waals surface area contributed by atoms with E-state index in [0.29, 0.717) is 36.0 Å². The van der Waals surface area contributed by atoms with Gasteiger partial charge >= 0.3 is 18.7 Å². The molecule has 43 heavy (non-hydrogen) atoms. The van der Waals surface area contributed by atoms with E-state index in [2.05, 4.69) is 15.0 Å². The maximum atomic E-state index is 13.3. The predicted molar refractivity (Wildman–Crippen MR) is 151 cm³/mol. The van der Waals surface area contributed by atoms with Crippen LogP contribution in [-0.4, -0.2) is 42.5 Å². The highest BCUT2D eigenvalue weighted by Gasteiger charge is 2.29. The van der Waals surface area contributed by atoms with Gasteiger partial charge in [0, 0.05) is 11.1 Å². The molecule has 1 saturated carbocycles. The van der Waals surface area contributed by atoms with Gasteiger partial charge in [-0.15, -0.1) is 0 Å². The van der Waals surface area contributed by atoms with Crippen LogP contribution in [0.1, 0.15) is 75.3 Å². The molecule has 10 nitrogen and oxygen atoms in total. The fourth-order valence-electron chi connectivity index (χ4n) is 4.02. The van der Waals surface area contributed by atoms with E-state index in [4.69, 9.17) is 23.4 Å². The normalized spacial score (nSPS) is 13.8. The number of nitrogens with zero attached hydrogens (tertiary/aromatic N) is 1. The lowest BCUT2D eigenvalue weighted by molar-refractivity contribution is -0.0515. The topological polar surface area (TPSA) is 118 Å². The number of carbonyl (C=O) groups excluding carboxylic acids is 2. The van der Waals surface area contributed by atoms with Crippen LogP contribution in [0.2, 0.25) is 0 Å². The zero-order chi connectivity index (χ0) is 31.1. The van der Waals surface area contributed by atoms with E-state index in [-0.39, 0.29) is 35.5 Å². The summed E-state index contributed by atoms with van der Waals surface area (Å²) >= 11 is 0. The van der Waals surface area contributed by atoms with Crippen LogP contribution in [0, 0.1) is 5.92 Å². The van der Waals surface area contributed by atoms with Crippen LogP contribution in [0.25, 0.3) is 11.5 Å². The number of hydrogen-bond acceptors (Lipinski definition) is 9. The molecule has 1 aromatic heterocycles. The number of carbonyl (C=O) groups is 2. The average molecular weight is 603 g/mol. The van der Waals surface area contributed by atoms with Gasteiger partial charge in [-0.05, 0) is 77.6 Å².